The van der Waals surface area contributed by atoms with Gasteiger partial charge in [-0.2, -0.15) is 0 Å². The van der Waals surface area contributed by atoms with Crippen LogP contribution in [0.3, 0.4) is 0 Å². The maximum absolute atomic E-state index is 11.7. The summed E-state index contributed by atoms with van der Waals surface area (Å²) in [7, 11) is 0. The second-order valence-corrected chi connectivity index (χ2v) is 6.69. The first-order valence-corrected chi connectivity index (χ1v) is 8.56. The van der Waals surface area contributed by atoms with Crippen molar-refractivity contribution in [1.82, 2.24) is 20.0 Å². The van der Waals surface area contributed by atoms with Crippen LogP contribution in [0, 0.1) is 0 Å². The average Bonchev–Trinajstić information content (AvgIpc) is 2.93. The number of hydrogen-bond donors (Lipinski definition) is 1. The lowest BCUT2D eigenvalue weighted by Crippen LogP contribution is -2.50. The van der Waals surface area contributed by atoms with E-state index in [-0.39, 0.29) is 11.9 Å². The summed E-state index contributed by atoms with van der Waals surface area (Å²) < 4.78 is 0. The van der Waals surface area contributed by atoms with Crippen LogP contribution in [0.1, 0.15) is 33.6 Å². The van der Waals surface area contributed by atoms with E-state index in [1.54, 1.807) is 0 Å². The van der Waals surface area contributed by atoms with Gasteiger partial charge in [-0.1, -0.05) is 6.92 Å². The van der Waals surface area contributed by atoms with E-state index in [1.807, 2.05) is 13.8 Å². The maximum Gasteiger partial charge on any atom is 0.221 e. The van der Waals surface area contributed by atoms with Crippen LogP contribution < -0.4 is 5.32 Å². The van der Waals surface area contributed by atoms with Gasteiger partial charge in [0.05, 0.1) is 0 Å². The molecule has 2 aliphatic heterocycles. The summed E-state index contributed by atoms with van der Waals surface area (Å²) in [4.78, 5) is 19.3. The smallest absolute Gasteiger partial charge is 0.221 e. The fourth-order valence-corrected chi connectivity index (χ4v) is 3.41. The molecule has 2 aliphatic rings. The molecule has 1 amide bonds. The Morgan fingerprint density at radius 2 is 1.86 bits per heavy atom. The maximum atomic E-state index is 11.7. The molecule has 2 saturated heterocycles. The fourth-order valence-electron chi connectivity index (χ4n) is 3.41. The SMILES string of the molecule is CCN1CCN([C@H]2CCN(CCC(=O)NC(C)C)C2)CC1. The molecule has 122 valence electrons. The lowest BCUT2D eigenvalue weighted by atomic mass is 10.2. The summed E-state index contributed by atoms with van der Waals surface area (Å²) in [6.07, 6.45) is 1.90. The van der Waals surface area contributed by atoms with Crippen molar-refractivity contribution >= 4 is 5.91 Å². The van der Waals surface area contributed by atoms with E-state index in [4.69, 9.17) is 0 Å². The third kappa shape index (κ3) is 5.24. The van der Waals surface area contributed by atoms with Crippen LogP contribution in [0.15, 0.2) is 0 Å². The van der Waals surface area contributed by atoms with Crippen LogP contribution in [-0.2, 0) is 4.79 Å². The highest BCUT2D eigenvalue weighted by Gasteiger charge is 2.29. The largest absolute Gasteiger partial charge is 0.354 e. The van der Waals surface area contributed by atoms with Crippen molar-refractivity contribution in [2.45, 2.75) is 45.7 Å². The Hall–Kier alpha value is -0.650. The average molecular weight is 296 g/mol. The number of hydrogen-bond acceptors (Lipinski definition) is 4. The number of rotatable bonds is 6. The van der Waals surface area contributed by atoms with E-state index in [1.165, 1.54) is 39.1 Å². The van der Waals surface area contributed by atoms with Crippen LogP contribution in [0.25, 0.3) is 0 Å². The minimum absolute atomic E-state index is 0.185. The highest BCUT2D eigenvalue weighted by molar-refractivity contribution is 5.76. The number of piperazine rings is 1. The zero-order chi connectivity index (χ0) is 15.2. The van der Waals surface area contributed by atoms with E-state index >= 15 is 0 Å². The molecule has 21 heavy (non-hydrogen) atoms. The monoisotopic (exact) mass is 296 g/mol. The molecule has 2 heterocycles. The number of carbonyl (C=O) groups excluding carboxylic acids is 1. The van der Waals surface area contributed by atoms with Crippen LogP contribution in [0.2, 0.25) is 0 Å². The van der Waals surface area contributed by atoms with Gasteiger partial charge in [0.2, 0.25) is 5.91 Å². The molecule has 0 spiro atoms. The highest BCUT2D eigenvalue weighted by atomic mass is 16.1. The zero-order valence-corrected chi connectivity index (χ0v) is 14.0. The number of likely N-dealkylation sites (N-methyl/N-ethyl adjacent to an activating group) is 1. The Balaban J connectivity index is 1.66. The summed E-state index contributed by atoms with van der Waals surface area (Å²) in [6.45, 7) is 15.5. The Labute approximate surface area is 129 Å². The molecule has 0 aromatic carbocycles. The number of nitrogens with zero attached hydrogens (tertiary/aromatic N) is 3. The first-order valence-electron chi connectivity index (χ1n) is 8.56. The number of likely N-dealkylation sites (tertiary alicyclic amines) is 1. The first kappa shape index (κ1) is 16.7. The van der Waals surface area contributed by atoms with Crippen molar-refractivity contribution in [3.05, 3.63) is 0 Å². The molecule has 5 heteroatoms. The topological polar surface area (TPSA) is 38.8 Å². The van der Waals surface area contributed by atoms with Gasteiger partial charge in [-0.3, -0.25) is 9.69 Å². The summed E-state index contributed by atoms with van der Waals surface area (Å²) in [6, 6.07) is 0.954. The minimum Gasteiger partial charge on any atom is -0.354 e. The van der Waals surface area contributed by atoms with E-state index in [2.05, 4.69) is 26.9 Å². The second-order valence-electron chi connectivity index (χ2n) is 6.69. The molecule has 1 N–H and O–H groups in total. The number of carbonyl (C=O) groups is 1. The van der Waals surface area contributed by atoms with Gasteiger partial charge in [-0.15, -0.1) is 0 Å². The zero-order valence-electron chi connectivity index (χ0n) is 14.0. The molecule has 2 rings (SSSR count). The van der Waals surface area contributed by atoms with E-state index in [0.717, 1.165) is 19.6 Å². The van der Waals surface area contributed by atoms with Gasteiger partial charge in [-0.25, -0.2) is 0 Å². The van der Waals surface area contributed by atoms with Crippen molar-refractivity contribution in [3.8, 4) is 0 Å². The second kappa shape index (κ2) is 8.11. The first-order chi connectivity index (χ1) is 10.1. The standard InChI is InChI=1S/C16H32N4O/c1-4-18-9-11-20(12-10-18)15-5-7-19(13-15)8-6-16(21)17-14(2)3/h14-15H,4-13H2,1-3H3,(H,17,21)/t15-/m0/s1. The summed E-state index contributed by atoms with van der Waals surface area (Å²) in [5, 5.41) is 2.97. The third-order valence-electron chi connectivity index (χ3n) is 4.72. The van der Waals surface area contributed by atoms with Crippen LogP contribution in [-0.4, -0.2) is 85.0 Å². The molecule has 0 aromatic heterocycles. The van der Waals surface area contributed by atoms with Gasteiger partial charge < -0.3 is 15.1 Å². The molecular formula is C16H32N4O. The molecule has 0 bridgehead atoms. The molecule has 0 saturated carbocycles. The Bertz CT molecular complexity index is 326. The highest BCUT2D eigenvalue weighted by Crippen LogP contribution is 2.17. The van der Waals surface area contributed by atoms with E-state index in [9.17, 15) is 4.79 Å². The third-order valence-corrected chi connectivity index (χ3v) is 4.72. The summed E-state index contributed by atoms with van der Waals surface area (Å²) >= 11 is 0. The van der Waals surface area contributed by atoms with E-state index in [0.29, 0.717) is 12.5 Å². The summed E-state index contributed by atoms with van der Waals surface area (Å²) in [5.41, 5.74) is 0. The molecular weight excluding hydrogens is 264 g/mol. The van der Waals surface area contributed by atoms with Gasteiger partial charge in [0.25, 0.3) is 0 Å². The molecule has 2 fully saturated rings. The Morgan fingerprint density at radius 3 is 2.48 bits per heavy atom. The molecule has 0 radical (unpaired) electrons. The predicted molar refractivity (Wildman–Crippen MR) is 86.4 cm³/mol. The van der Waals surface area contributed by atoms with Gasteiger partial charge in [0.15, 0.2) is 0 Å². The van der Waals surface area contributed by atoms with E-state index < -0.39 is 0 Å². The van der Waals surface area contributed by atoms with Gasteiger partial charge in [0.1, 0.15) is 0 Å². The predicted octanol–water partition coefficient (Wildman–Crippen LogP) is 0.613. The van der Waals surface area contributed by atoms with Crippen molar-refractivity contribution in [2.75, 3.05) is 52.4 Å². The van der Waals surface area contributed by atoms with Crippen molar-refractivity contribution in [3.63, 3.8) is 0 Å². The van der Waals surface area contributed by atoms with Crippen LogP contribution in [0.5, 0.6) is 0 Å². The van der Waals surface area contributed by atoms with Gasteiger partial charge >= 0.3 is 0 Å². The lowest BCUT2D eigenvalue weighted by molar-refractivity contribution is -0.121. The molecule has 1 atom stereocenters. The molecule has 0 aliphatic carbocycles. The molecule has 5 nitrogen and oxygen atoms in total. The Morgan fingerprint density at radius 1 is 1.14 bits per heavy atom. The quantitative estimate of drug-likeness (QED) is 0.780. The van der Waals surface area contributed by atoms with Gasteiger partial charge in [-0.05, 0) is 33.4 Å². The van der Waals surface area contributed by atoms with Crippen molar-refractivity contribution < 1.29 is 4.79 Å². The Kier molecular flexibility index (Phi) is 6.45. The van der Waals surface area contributed by atoms with Crippen molar-refractivity contribution in [2.24, 2.45) is 0 Å². The number of amides is 1. The van der Waals surface area contributed by atoms with Crippen LogP contribution >= 0.6 is 0 Å². The number of nitrogens with one attached hydrogen (secondary N) is 1. The minimum atomic E-state index is 0.185. The van der Waals surface area contributed by atoms with Gasteiger partial charge in [0, 0.05) is 57.8 Å². The molecule has 0 unspecified atom stereocenters. The summed E-state index contributed by atoms with van der Waals surface area (Å²) in [5.74, 6) is 0.185. The van der Waals surface area contributed by atoms with Crippen LogP contribution in [0.4, 0.5) is 0 Å². The fraction of sp³-hybridized carbons (Fsp3) is 0.938. The molecule has 0 aromatic rings. The van der Waals surface area contributed by atoms with Crippen molar-refractivity contribution in [1.29, 1.82) is 0 Å². The normalized spacial score (nSPS) is 25.6. The lowest BCUT2D eigenvalue weighted by Gasteiger charge is -2.37.